The molecule has 0 saturated heterocycles. The molecule has 1 aliphatic rings. The summed E-state index contributed by atoms with van der Waals surface area (Å²) < 4.78 is 5.53. The van der Waals surface area contributed by atoms with Crippen LogP contribution in [0.15, 0.2) is 42.5 Å². The first-order chi connectivity index (χ1) is 9.85. The fourth-order valence-corrected chi connectivity index (χ4v) is 2.80. The van der Waals surface area contributed by atoms with Gasteiger partial charge in [0, 0.05) is 12.2 Å². The van der Waals surface area contributed by atoms with Gasteiger partial charge in [-0.1, -0.05) is 18.2 Å². The summed E-state index contributed by atoms with van der Waals surface area (Å²) in [7, 11) is 0. The molecule has 2 heteroatoms. The van der Waals surface area contributed by atoms with Crippen molar-refractivity contribution in [2.75, 3.05) is 11.9 Å². The zero-order chi connectivity index (χ0) is 13.8. The van der Waals surface area contributed by atoms with Gasteiger partial charge in [-0.25, -0.2) is 0 Å². The van der Waals surface area contributed by atoms with E-state index < -0.39 is 0 Å². The lowest BCUT2D eigenvalue weighted by atomic mass is 10.1. The molecule has 1 N–H and O–H groups in total. The Labute approximate surface area is 120 Å². The van der Waals surface area contributed by atoms with Crippen LogP contribution in [0.25, 0.3) is 0 Å². The number of benzene rings is 2. The van der Waals surface area contributed by atoms with Gasteiger partial charge in [0.1, 0.15) is 5.75 Å². The van der Waals surface area contributed by atoms with E-state index in [0.29, 0.717) is 6.61 Å². The lowest BCUT2D eigenvalue weighted by Crippen LogP contribution is -2.01. The van der Waals surface area contributed by atoms with Crippen LogP contribution in [0.3, 0.4) is 0 Å². The third kappa shape index (κ3) is 2.96. The van der Waals surface area contributed by atoms with Gasteiger partial charge in [-0.05, 0) is 67.1 Å². The van der Waals surface area contributed by atoms with Gasteiger partial charge in [0.2, 0.25) is 0 Å². The molecule has 0 fully saturated rings. The molecule has 1 aliphatic carbocycles. The average Bonchev–Trinajstić information content (AvgIpc) is 2.93. The molecule has 0 radical (unpaired) electrons. The Morgan fingerprint density at radius 1 is 1.05 bits per heavy atom. The van der Waals surface area contributed by atoms with Crippen LogP contribution in [0.5, 0.6) is 5.75 Å². The zero-order valence-corrected chi connectivity index (χ0v) is 12.0. The number of anilines is 1. The van der Waals surface area contributed by atoms with Crippen molar-refractivity contribution in [2.24, 2.45) is 0 Å². The van der Waals surface area contributed by atoms with E-state index in [0.717, 1.165) is 12.3 Å². The first-order valence-corrected chi connectivity index (χ1v) is 7.42. The molecule has 0 heterocycles. The number of fused-ring (bicyclic) bond motifs is 1. The molecule has 20 heavy (non-hydrogen) atoms. The molecular formula is C18H21NO. The largest absolute Gasteiger partial charge is 0.494 e. The van der Waals surface area contributed by atoms with Crippen LogP contribution >= 0.6 is 0 Å². The number of aryl methyl sites for hydroxylation is 2. The molecule has 0 saturated carbocycles. The summed E-state index contributed by atoms with van der Waals surface area (Å²) in [4.78, 5) is 0. The van der Waals surface area contributed by atoms with Crippen LogP contribution in [-0.2, 0) is 19.4 Å². The molecule has 2 aromatic carbocycles. The van der Waals surface area contributed by atoms with Gasteiger partial charge in [-0.3, -0.25) is 0 Å². The second-order valence-electron chi connectivity index (χ2n) is 5.27. The summed E-state index contributed by atoms with van der Waals surface area (Å²) in [6, 6.07) is 15.0. The molecule has 0 amide bonds. The summed E-state index contributed by atoms with van der Waals surface area (Å²) in [6.07, 6.45) is 3.77. The minimum atomic E-state index is 0.710. The summed E-state index contributed by atoms with van der Waals surface area (Å²) in [5.74, 6) is 0.945. The quantitative estimate of drug-likeness (QED) is 0.877. The van der Waals surface area contributed by atoms with Crippen LogP contribution in [0, 0.1) is 0 Å². The van der Waals surface area contributed by atoms with E-state index in [1.807, 2.05) is 19.1 Å². The predicted molar refractivity (Wildman–Crippen MR) is 83.4 cm³/mol. The molecular weight excluding hydrogens is 246 g/mol. The predicted octanol–water partition coefficient (Wildman–Crippen LogP) is 4.19. The molecule has 2 nitrogen and oxygen atoms in total. The first-order valence-electron chi connectivity index (χ1n) is 7.42. The zero-order valence-electron chi connectivity index (χ0n) is 12.0. The van der Waals surface area contributed by atoms with Crippen molar-refractivity contribution in [3.8, 4) is 5.75 Å². The minimum Gasteiger partial charge on any atom is -0.494 e. The Kier molecular flexibility index (Phi) is 3.91. The normalized spacial score (nSPS) is 13.1. The molecule has 3 rings (SSSR count). The molecule has 104 valence electrons. The van der Waals surface area contributed by atoms with E-state index in [1.165, 1.54) is 41.6 Å². The second kappa shape index (κ2) is 6.00. The summed E-state index contributed by atoms with van der Waals surface area (Å²) in [5.41, 5.74) is 5.50. The standard InChI is InChI=1S/C18H21NO/c1-2-20-18-8-3-5-14(11-18)13-19-17-10-9-15-6-4-7-16(15)12-17/h3,5,8-12,19H,2,4,6-7,13H2,1H3. The van der Waals surface area contributed by atoms with Crippen molar-refractivity contribution in [1.82, 2.24) is 0 Å². The minimum absolute atomic E-state index is 0.710. The number of rotatable bonds is 5. The monoisotopic (exact) mass is 267 g/mol. The third-order valence-corrected chi connectivity index (χ3v) is 3.80. The van der Waals surface area contributed by atoms with Crippen molar-refractivity contribution < 1.29 is 4.74 Å². The van der Waals surface area contributed by atoms with Gasteiger partial charge >= 0.3 is 0 Å². The third-order valence-electron chi connectivity index (χ3n) is 3.80. The van der Waals surface area contributed by atoms with E-state index in [9.17, 15) is 0 Å². The van der Waals surface area contributed by atoms with Crippen molar-refractivity contribution in [2.45, 2.75) is 32.7 Å². The van der Waals surface area contributed by atoms with Crippen molar-refractivity contribution in [3.05, 3.63) is 59.2 Å². The Hall–Kier alpha value is -1.96. The fraction of sp³-hybridized carbons (Fsp3) is 0.333. The fourth-order valence-electron chi connectivity index (χ4n) is 2.80. The molecule has 2 aromatic rings. The number of hydrogen-bond acceptors (Lipinski definition) is 2. The summed E-state index contributed by atoms with van der Waals surface area (Å²) in [6.45, 7) is 3.55. The van der Waals surface area contributed by atoms with Crippen molar-refractivity contribution in [3.63, 3.8) is 0 Å². The smallest absolute Gasteiger partial charge is 0.119 e. The van der Waals surface area contributed by atoms with E-state index in [2.05, 4.69) is 35.6 Å². The second-order valence-corrected chi connectivity index (χ2v) is 5.27. The van der Waals surface area contributed by atoms with E-state index in [-0.39, 0.29) is 0 Å². The van der Waals surface area contributed by atoms with Crippen LogP contribution in [0.4, 0.5) is 5.69 Å². The Bertz CT molecular complexity index is 592. The summed E-state index contributed by atoms with van der Waals surface area (Å²) >= 11 is 0. The highest BCUT2D eigenvalue weighted by molar-refractivity contribution is 5.50. The lowest BCUT2D eigenvalue weighted by Gasteiger charge is -2.10. The van der Waals surface area contributed by atoms with E-state index in [4.69, 9.17) is 4.74 Å². The number of hydrogen-bond donors (Lipinski definition) is 1. The molecule has 0 spiro atoms. The SMILES string of the molecule is CCOc1cccc(CNc2ccc3c(c2)CCC3)c1. The van der Waals surface area contributed by atoms with Gasteiger partial charge in [-0.15, -0.1) is 0 Å². The molecule has 0 aromatic heterocycles. The van der Waals surface area contributed by atoms with E-state index >= 15 is 0 Å². The highest BCUT2D eigenvalue weighted by Crippen LogP contribution is 2.25. The molecule has 0 atom stereocenters. The van der Waals surface area contributed by atoms with Crippen LogP contribution in [0.1, 0.15) is 30.0 Å². The van der Waals surface area contributed by atoms with Crippen LogP contribution in [0.2, 0.25) is 0 Å². The van der Waals surface area contributed by atoms with Crippen molar-refractivity contribution in [1.29, 1.82) is 0 Å². The average molecular weight is 267 g/mol. The maximum atomic E-state index is 5.53. The number of ether oxygens (including phenoxy) is 1. The topological polar surface area (TPSA) is 21.3 Å². The van der Waals surface area contributed by atoms with Gasteiger partial charge in [0.25, 0.3) is 0 Å². The van der Waals surface area contributed by atoms with Crippen LogP contribution < -0.4 is 10.1 Å². The van der Waals surface area contributed by atoms with Crippen molar-refractivity contribution >= 4 is 5.69 Å². The van der Waals surface area contributed by atoms with E-state index in [1.54, 1.807) is 0 Å². The highest BCUT2D eigenvalue weighted by atomic mass is 16.5. The Morgan fingerprint density at radius 2 is 1.95 bits per heavy atom. The maximum Gasteiger partial charge on any atom is 0.119 e. The highest BCUT2D eigenvalue weighted by Gasteiger charge is 2.10. The van der Waals surface area contributed by atoms with Gasteiger partial charge in [0.15, 0.2) is 0 Å². The molecule has 0 bridgehead atoms. The maximum absolute atomic E-state index is 5.53. The summed E-state index contributed by atoms with van der Waals surface area (Å²) in [5, 5.41) is 3.50. The van der Waals surface area contributed by atoms with Crippen LogP contribution in [-0.4, -0.2) is 6.61 Å². The van der Waals surface area contributed by atoms with Gasteiger partial charge in [-0.2, -0.15) is 0 Å². The molecule has 0 unspecified atom stereocenters. The number of nitrogens with one attached hydrogen (secondary N) is 1. The van der Waals surface area contributed by atoms with Gasteiger partial charge < -0.3 is 10.1 Å². The lowest BCUT2D eigenvalue weighted by molar-refractivity contribution is 0.340. The Morgan fingerprint density at radius 3 is 2.85 bits per heavy atom. The first kappa shape index (κ1) is 13.0. The Balaban J connectivity index is 1.65. The van der Waals surface area contributed by atoms with Gasteiger partial charge in [0.05, 0.1) is 6.61 Å². The molecule has 0 aliphatic heterocycles.